The van der Waals surface area contributed by atoms with Crippen LogP contribution in [0.4, 0.5) is 0 Å². The third-order valence-corrected chi connectivity index (χ3v) is 4.68. The van der Waals surface area contributed by atoms with Crippen LogP contribution < -0.4 is 4.74 Å². The number of unbranched alkanes of at least 4 members (excludes halogenated alkanes) is 3. The minimum Gasteiger partial charge on any atom is -0.489 e. The van der Waals surface area contributed by atoms with Gasteiger partial charge >= 0.3 is 5.97 Å². The quantitative estimate of drug-likeness (QED) is 0.491. The maximum absolute atomic E-state index is 10.5. The molecule has 0 saturated heterocycles. The summed E-state index contributed by atoms with van der Waals surface area (Å²) in [7, 11) is 0. The van der Waals surface area contributed by atoms with E-state index in [4.69, 9.17) is 9.84 Å². The van der Waals surface area contributed by atoms with Crippen molar-refractivity contribution in [1.82, 2.24) is 4.98 Å². The molecule has 27 heavy (non-hydrogen) atoms. The molecule has 1 heterocycles. The molecule has 140 valence electrons. The topological polar surface area (TPSA) is 59.4 Å². The van der Waals surface area contributed by atoms with Gasteiger partial charge in [-0.25, -0.2) is 0 Å². The molecule has 0 aliphatic rings. The molecular weight excluding hydrogens is 338 g/mol. The molecule has 3 aromatic rings. The number of para-hydroxylation sites is 2. The molecule has 2 aromatic carbocycles. The number of carbonyl (C=O) groups is 1. The van der Waals surface area contributed by atoms with E-state index in [-0.39, 0.29) is 6.42 Å². The Kier molecular flexibility index (Phi) is 6.80. The van der Waals surface area contributed by atoms with E-state index in [1.54, 1.807) is 0 Å². The summed E-state index contributed by atoms with van der Waals surface area (Å²) in [6.07, 6.45) is 6.82. The zero-order valence-corrected chi connectivity index (χ0v) is 15.4. The number of aromatic nitrogens is 1. The highest BCUT2D eigenvalue weighted by molar-refractivity contribution is 5.81. The Bertz CT molecular complexity index is 886. The molecular formula is C23H25NO3. The maximum atomic E-state index is 10.5. The van der Waals surface area contributed by atoms with Crippen LogP contribution in [-0.2, 0) is 17.8 Å². The average molecular weight is 363 g/mol. The van der Waals surface area contributed by atoms with Gasteiger partial charge in [0.2, 0.25) is 0 Å². The van der Waals surface area contributed by atoms with Gasteiger partial charge in [-0.2, -0.15) is 0 Å². The Morgan fingerprint density at radius 1 is 0.889 bits per heavy atom. The van der Waals surface area contributed by atoms with Crippen LogP contribution in [0.3, 0.4) is 0 Å². The van der Waals surface area contributed by atoms with Gasteiger partial charge in [-0.05, 0) is 43.0 Å². The van der Waals surface area contributed by atoms with Crippen LogP contribution in [0.2, 0.25) is 0 Å². The minimum atomic E-state index is -0.711. The monoisotopic (exact) mass is 363 g/mol. The molecule has 0 bridgehead atoms. The smallest absolute Gasteiger partial charge is 0.303 e. The van der Waals surface area contributed by atoms with Crippen molar-refractivity contribution >= 4 is 16.9 Å². The van der Waals surface area contributed by atoms with Crippen LogP contribution >= 0.6 is 0 Å². The number of hydrogen-bond donors (Lipinski definition) is 1. The first-order chi connectivity index (χ1) is 13.2. The summed E-state index contributed by atoms with van der Waals surface area (Å²) in [5, 5.41) is 9.80. The second kappa shape index (κ2) is 9.72. The predicted molar refractivity (Wildman–Crippen MR) is 107 cm³/mol. The first kappa shape index (κ1) is 18.9. The largest absolute Gasteiger partial charge is 0.489 e. The van der Waals surface area contributed by atoms with Gasteiger partial charge in [-0.3, -0.25) is 9.78 Å². The van der Waals surface area contributed by atoms with Crippen molar-refractivity contribution < 1.29 is 14.6 Å². The van der Waals surface area contributed by atoms with Crippen LogP contribution in [0.5, 0.6) is 5.75 Å². The van der Waals surface area contributed by atoms with Gasteiger partial charge in [0.1, 0.15) is 12.4 Å². The molecule has 0 radical (unpaired) electrons. The Hall–Kier alpha value is -2.88. The molecule has 3 rings (SSSR count). The van der Waals surface area contributed by atoms with Crippen molar-refractivity contribution in [3.05, 3.63) is 71.9 Å². The number of pyridine rings is 1. The van der Waals surface area contributed by atoms with Crippen LogP contribution in [0.25, 0.3) is 10.9 Å². The number of nitrogens with zero attached hydrogens (tertiary/aromatic N) is 1. The summed E-state index contributed by atoms with van der Waals surface area (Å²) in [5.74, 6) is 0.210. The van der Waals surface area contributed by atoms with E-state index in [1.165, 1.54) is 5.56 Å². The highest BCUT2D eigenvalue weighted by Gasteiger charge is 2.06. The first-order valence-corrected chi connectivity index (χ1v) is 9.49. The zero-order valence-electron chi connectivity index (χ0n) is 15.4. The van der Waals surface area contributed by atoms with Gasteiger partial charge in [-0.1, -0.05) is 49.2 Å². The van der Waals surface area contributed by atoms with Crippen molar-refractivity contribution in [2.24, 2.45) is 0 Å². The molecule has 0 fully saturated rings. The van der Waals surface area contributed by atoms with Gasteiger partial charge in [0.25, 0.3) is 0 Å². The van der Waals surface area contributed by atoms with E-state index in [0.29, 0.717) is 6.61 Å². The highest BCUT2D eigenvalue weighted by Crippen LogP contribution is 2.23. The number of aryl methyl sites for hydroxylation is 1. The lowest BCUT2D eigenvalue weighted by molar-refractivity contribution is -0.137. The average Bonchev–Trinajstić information content (AvgIpc) is 2.69. The van der Waals surface area contributed by atoms with E-state index in [1.807, 2.05) is 48.7 Å². The van der Waals surface area contributed by atoms with Gasteiger partial charge < -0.3 is 9.84 Å². The molecule has 0 aliphatic heterocycles. The predicted octanol–water partition coefficient (Wildman–Crippen LogP) is 5.39. The number of ether oxygens (including phenoxy) is 1. The molecule has 1 aromatic heterocycles. The van der Waals surface area contributed by atoms with E-state index in [0.717, 1.165) is 54.3 Å². The second-order valence-corrected chi connectivity index (χ2v) is 6.69. The Morgan fingerprint density at radius 2 is 1.67 bits per heavy atom. The molecule has 0 saturated carbocycles. The fraction of sp³-hybridized carbons (Fsp3) is 0.304. The molecule has 0 amide bonds. The Balaban J connectivity index is 1.57. The lowest BCUT2D eigenvalue weighted by atomic mass is 10.0. The second-order valence-electron chi connectivity index (χ2n) is 6.69. The molecule has 4 heteroatoms. The number of aliphatic carboxylic acids is 1. The highest BCUT2D eigenvalue weighted by atomic mass is 16.5. The Morgan fingerprint density at radius 3 is 2.56 bits per heavy atom. The third kappa shape index (κ3) is 5.55. The summed E-state index contributed by atoms with van der Waals surface area (Å²) in [6.45, 7) is 0.513. The molecule has 0 aliphatic carbocycles. The van der Waals surface area contributed by atoms with Crippen molar-refractivity contribution in [2.75, 3.05) is 0 Å². The molecule has 1 N–H and O–H groups in total. The van der Waals surface area contributed by atoms with Crippen molar-refractivity contribution in [3.63, 3.8) is 0 Å². The van der Waals surface area contributed by atoms with Gasteiger partial charge in [0.15, 0.2) is 0 Å². The van der Waals surface area contributed by atoms with E-state index in [2.05, 4.69) is 17.1 Å². The molecule has 0 spiro atoms. The van der Waals surface area contributed by atoms with E-state index < -0.39 is 5.97 Å². The molecule has 4 nitrogen and oxygen atoms in total. The number of benzene rings is 2. The number of rotatable bonds is 10. The minimum absolute atomic E-state index is 0.263. The van der Waals surface area contributed by atoms with Gasteiger partial charge in [0.05, 0.1) is 5.52 Å². The Labute approximate surface area is 159 Å². The number of fused-ring (bicyclic) bond motifs is 1. The van der Waals surface area contributed by atoms with E-state index >= 15 is 0 Å². The molecule has 0 unspecified atom stereocenters. The molecule has 0 atom stereocenters. The standard InChI is InChI=1S/C23H25NO3/c25-23(26)14-4-2-1-3-9-18-10-5-8-13-22(18)27-17-19-15-16-24-21-12-7-6-11-20(19)21/h5-8,10-13,15-16H,1-4,9,14,17H2,(H,25,26). The number of hydrogen-bond acceptors (Lipinski definition) is 3. The van der Waals surface area contributed by atoms with Crippen LogP contribution in [-0.4, -0.2) is 16.1 Å². The van der Waals surface area contributed by atoms with E-state index in [9.17, 15) is 4.79 Å². The third-order valence-electron chi connectivity index (χ3n) is 4.68. The summed E-state index contributed by atoms with van der Waals surface area (Å²) >= 11 is 0. The summed E-state index contributed by atoms with van der Waals surface area (Å²) < 4.78 is 6.14. The zero-order chi connectivity index (χ0) is 18.9. The lowest BCUT2D eigenvalue weighted by Crippen LogP contribution is -2.00. The van der Waals surface area contributed by atoms with Crippen LogP contribution in [0.1, 0.15) is 43.2 Å². The summed E-state index contributed by atoms with van der Waals surface area (Å²) in [5.41, 5.74) is 3.31. The lowest BCUT2D eigenvalue weighted by Gasteiger charge is -2.12. The van der Waals surface area contributed by atoms with Gasteiger partial charge in [0, 0.05) is 23.6 Å². The number of carboxylic acids is 1. The summed E-state index contributed by atoms with van der Waals surface area (Å²) in [6, 6.07) is 18.3. The van der Waals surface area contributed by atoms with Crippen LogP contribution in [0, 0.1) is 0 Å². The van der Waals surface area contributed by atoms with Crippen molar-refractivity contribution in [1.29, 1.82) is 0 Å². The maximum Gasteiger partial charge on any atom is 0.303 e. The number of carboxylic acid groups (broad SMARTS) is 1. The van der Waals surface area contributed by atoms with Crippen molar-refractivity contribution in [3.8, 4) is 5.75 Å². The fourth-order valence-corrected chi connectivity index (χ4v) is 3.23. The SMILES string of the molecule is O=C(O)CCCCCCc1ccccc1OCc1ccnc2ccccc12. The van der Waals surface area contributed by atoms with Gasteiger partial charge in [-0.15, -0.1) is 0 Å². The summed E-state index contributed by atoms with van der Waals surface area (Å²) in [4.78, 5) is 14.9. The fourth-order valence-electron chi connectivity index (χ4n) is 3.23. The van der Waals surface area contributed by atoms with Crippen LogP contribution in [0.15, 0.2) is 60.8 Å². The van der Waals surface area contributed by atoms with Crippen molar-refractivity contribution in [2.45, 2.75) is 45.1 Å². The first-order valence-electron chi connectivity index (χ1n) is 9.49. The normalized spacial score (nSPS) is 10.8.